The fraction of sp³-hybridized carbons (Fsp3) is 0.400. The minimum atomic E-state index is 0.457. The summed E-state index contributed by atoms with van der Waals surface area (Å²) < 4.78 is 0. The molecule has 1 N–H and O–H groups in total. The maximum atomic E-state index is 9.28. The second kappa shape index (κ2) is 3.42. The van der Waals surface area contributed by atoms with Crippen molar-refractivity contribution in [1.82, 2.24) is 0 Å². The normalized spacial score (nSPS) is 17.7. The molecule has 1 aliphatic rings. The van der Waals surface area contributed by atoms with Gasteiger partial charge >= 0.3 is 0 Å². The summed E-state index contributed by atoms with van der Waals surface area (Å²) in [4.78, 5) is 0. The van der Waals surface area contributed by atoms with Gasteiger partial charge in [0.25, 0.3) is 0 Å². The zero-order valence-electron chi connectivity index (χ0n) is 7.04. The van der Waals surface area contributed by atoms with Gasteiger partial charge in [0, 0.05) is 6.42 Å². The minimum Gasteiger partial charge on any atom is -0.512 e. The summed E-state index contributed by atoms with van der Waals surface area (Å²) in [5.74, 6) is 0.943. The molecule has 0 spiro atoms. The van der Waals surface area contributed by atoms with Crippen LogP contribution in [0.5, 0.6) is 0 Å². The van der Waals surface area contributed by atoms with Gasteiger partial charge in [-0.1, -0.05) is 32.1 Å². The van der Waals surface area contributed by atoms with E-state index in [0.29, 0.717) is 18.1 Å². The molecular weight excluding hydrogens is 136 g/mol. The Balaban J connectivity index is 2.84. The SMILES string of the molecule is CC(C)C1=CC=CCC(O)=C1. The van der Waals surface area contributed by atoms with Crippen LogP contribution in [0.2, 0.25) is 0 Å². The molecule has 60 valence electrons. The fourth-order valence-corrected chi connectivity index (χ4v) is 1.03. The van der Waals surface area contributed by atoms with Crippen molar-refractivity contribution >= 4 is 0 Å². The molecule has 0 amide bonds. The van der Waals surface area contributed by atoms with E-state index in [1.165, 1.54) is 5.57 Å². The molecule has 0 unspecified atom stereocenters. The Labute approximate surface area is 67.7 Å². The molecule has 1 heteroatoms. The van der Waals surface area contributed by atoms with Crippen LogP contribution in [-0.2, 0) is 0 Å². The molecule has 0 aromatic carbocycles. The Hall–Kier alpha value is -0.980. The van der Waals surface area contributed by atoms with Crippen LogP contribution >= 0.6 is 0 Å². The average Bonchev–Trinajstić information content (AvgIpc) is 2.13. The van der Waals surface area contributed by atoms with Crippen LogP contribution < -0.4 is 0 Å². The maximum Gasteiger partial charge on any atom is 0.0963 e. The van der Waals surface area contributed by atoms with Crippen molar-refractivity contribution in [3.63, 3.8) is 0 Å². The lowest BCUT2D eigenvalue weighted by Crippen LogP contribution is -1.90. The van der Waals surface area contributed by atoms with E-state index < -0.39 is 0 Å². The van der Waals surface area contributed by atoms with Gasteiger partial charge < -0.3 is 5.11 Å². The van der Waals surface area contributed by atoms with Crippen molar-refractivity contribution in [2.75, 3.05) is 0 Å². The van der Waals surface area contributed by atoms with Crippen LogP contribution in [0.1, 0.15) is 20.3 Å². The van der Waals surface area contributed by atoms with Crippen LogP contribution in [-0.4, -0.2) is 5.11 Å². The Morgan fingerprint density at radius 2 is 2.18 bits per heavy atom. The first kappa shape index (κ1) is 8.12. The Morgan fingerprint density at radius 1 is 1.45 bits per heavy atom. The average molecular weight is 150 g/mol. The van der Waals surface area contributed by atoms with Crippen molar-refractivity contribution in [1.29, 1.82) is 0 Å². The van der Waals surface area contributed by atoms with Crippen molar-refractivity contribution < 1.29 is 5.11 Å². The number of hydrogen-bond acceptors (Lipinski definition) is 1. The van der Waals surface area contributed by atoms with E-state index in [2.05, 4.69) is 13.8 Å². The second-order valence-electron chi connectivity index (χ2n) is 3.09. The van der Waals surface area contributed by atoms with Crippen molar-refractivity contribution in [2.45, 2.75) is 20.3 Å². The van der Waals surface area contributed by atoms with E-state index in [4.69, 9.17) is 0 Å². The Morgan fingerprint density at radius 3 is 2.82 bits per heavy atom. The third-order valence-electron chi connectivity index (χ3n) is 1.75. The van der Waals surface area contributed by atoms with Gasteiger partial charge in [-0.3, -0.25) is 0 Å². The molecule has 0 aromatic rings. The van der Waals surface area contributed by atoms with E-state index in [1.807, 2.05) is 24.3 Å². The molecule has 0 aromatic heterocycles. The van der Waals surface area contributed by atoms with Crippen LogP contribution in [0.4, 0.5) is 0 Å². The first-order valence-electron chi connectivity index (χ1n) is 3.96. The van der Waals surface area contributed by atoms with Gasteiger partial charge in [0.1, 0.15) is 0 Å². The van der Waals surface area contributed by atoms with E-state index in [-0.39, 0.29) is 0 Å². The molecule has 0 atom stereocenters. The molecule has 0 heterocycles. The second-order valence-corrected chi connectivity index (χ2v) is 3.09. The summed E-state index contributed by atoms with van der Waals surface area (Å²) in [7, 11) is 0. The van der Waals surface area contributed by atoms with Crippen LogP contribution in [0.25, 0.3) is 0 Å². The number of allylic oxidation sites excluding steroid dienone is 5. The summed E-state index contributed by atoms with van der Waals surface area (Å²) >= 11 is 0. The molecule has 0 saturated carbocycles. The monoisotopic (exact) mass is 150 g/mol. The number of rotatable bonds is 1. The highest BCUT2D eigenvalue weighted by atomic mass is 16.3. The summed E-state index contributed by atoms with van der Waals surface area (Å²) in [5, 5.41) is 9.28. The van der Waals surface area contributed by atoms with Crippen molar-refractivity contribution in [3.8, 4) is 0 Å². The number of aliphatic hydroxyl groups excluding tert-OH is 1. The number of aliphatic hydroxyl groups is 1. The van der Waals surface area contributed by atoms with Crippen molar-refractivity contribution in [2.24, 2.45) is 5.92 Å². The van der Waals surface area contributed by atoms with E-state index in [1.54, 1.807) is 0 Å². The molecule has 11 heavy (non-hydrogen) atoms. The van der Waals surface area contributed by atoms with Crippen LogP contribution in [0, 0.1) is 5.92 Å². The maximum absolute atomic E-state index is 9.28. The summed E-state index contributed by atoms with van der Waals surface area (Å²) in [5.41, 5.74) is 1.19. The molecule has 1 nitrogen and oxygen atoms in total. The van der Waals surface area contributed by atoms with Gasteiger partial charge in [0.2, 0.25) is 0 Å². The third kappa shape index (κ3) is 2.26. The lowest BCUT2D eigenvalue weighted by Gasteiger charge is -2.04. The molecule has 0 bridgehead atoms. The Kier molecular flexibility index (Phi) is 2.53. The van der Waals surface area contributed by atoms with Crippen molar-refractivity contribution in [3.05, 3.63) is 35.6 Å². The molecule has 0 fully saturated rings. The van der Waals surface area contributed by atoms with E-state index in [9.17, 15) is 5.11 Å². The highest BCUT2D eigenvalue weighted by Crippen LogP contribution is 2.16. The van der Waals surface area contributed by atoms with E-state index >= 15 is 0 Å². The Bertz CT molecular complexity index is 219. The van der Waals surface area contributed by atoms with Gasteiger partial charge in [-0.15, -0.1) is 0 Å². The molecular formula is C10H14O. The zero-order chi connectivity index (χ0) is 8.27. The van der Waals surface area contributed by atoms with Gasteiger partial charge in [0.05, 0.1) is 5.76 Å². The topological polar surface area (TPSA) is 20.2 Å². The summed E-state index contributed by atoms with van der Waals surface area (Å²) in [6, 6.07) is 0. The van der Waals surface area contributed by atoms with Gasteiger partial charge in [-0.05, 0) is 17.6 Å². The predicted octanol–water partition coefficient (Wildman–Crippen LogP) is 2.97. The smallest absolute Gasteiger partial charge is 0.0963 e. The first-order valence-corrected chi connectivity index (χ1v) is 3.96. The predicted molar refractivity (Wildman–Crippen MR) is 47.4 cm³/mol. The zero-order valence-corrected chi connectivity index (χ0v) is 7.04. The molecule has 1 rings (SSSR count). The van der Waals surface area contributed by atoms with E-state index in [0.717, 1.165) is 0 Å². The van der Waals surface area contributed by atoms with Gasteiger partial charge in [0.15, 0.2) is 0 Å². The van der Waals surface area contributed by atoms with Gasteiger partial charge in [-0.25, -0.2) is 0 Å². The summed E-state index contributed by atoms with van der Waals surface area (Å²) in [6.07, 6.45) is 8.52. The largest absolute Gasteiger partial charge is 0.512 e. The van der Waals surface area contributed by atoms with Crippen LogP contribution in [0.15, 0.2) is 35.6 Å². The highest BCUT2D eigenvalue weighted by molar-refractivity contribution is 5.30. The molecule has 1 aliphatic carbocycles. The molecule has 0 saturated heterocycles. The van der Waals surface area contributed by atoms with Gasteiger partial charge in [-0.2, -0.15) is 0 Å². The fourth-order valence-electron chi connectivity index (χ4n) is 1.03. The van der Waals surface area contributed by atoms with Crippen LogP contribution in [0.3, 0.4) is 0 Å². The third-order valence-corrected chi connectivity index (χ3v) is 1.75. The quantitative estimate of drug-likeness (QED) is 0.609. The lowest BCUT2D eigenvalue weighted by atomic mass is 10.0. The standard InChI is InChI=1S/C10H14O/c1-8(2)9-5-3-4-6-10(11)7-9/h3-5,7-8,11H,6H2,1-2H3. The highest BCUT2D eigenvalue weighted by Gasteiger charge is 2.02. The minimum absolute atomic E-state index is 0.457. The lowest BCUT2D eigenvalue weighted by molar-refractivity contribution is 0.400. The molecule has 0 radical (unpaired) electrons. The molecule has 0 aliphatic heterocycles. The summed E-state index contributed by atoms with van der Waals surface area (Å²) in [6.45, 7) is 4.24. The first-order chi connectivity index (χ1) is 5.20. The number of hydrogen-bond donors (Lipinski definition) is 1.